The smallest absolute Gasteiger partial charge is 0.335 e. The Kier molecular flexibility index (Phi) is 6.65. The molecule has 2 rings (SSSR count). The van der Waals surface area contributed by atoms with Crippen molar-refractivity contribution in [2.45, 2.75) is 13.8 Å². The monoisotopic (exact) mass is 369 g/mol. The summed E-state index contributed by atoms with van der Waals surface area (Å²) in [4.78, 5) is 34.8. The van der Waals surface area contributed by atoms with Gasteiger partial charge in [0.1, 0.15) is 5.75 Å². The van der Waals surface area contributed by atoms with Crippen molar-refractivity contribution in [3.05, 3.63) is 59.2 Å². The summed E-state index contributed by atoms with van der Waals surface area (Å²) in [7, 11) is 0. The van der Waals surface area contributed by atoms with Crippen molar-refractivity contribution in [2.75, 3.05) is 11.9 Å². The van der Waals surface area contributed by atoms with Crippen LogP contribution in [0.15, 0.2) is 47.6 Å². The van der Waals surface area contributed by atoms with E-state index in [4.69, 9.17) is 9.84 Å². The predicted molar refractivity (Wildman–Crippen MR) is 100 cm³/mol. The molecule has 0 atom stereocenters. The molecule has 0 unspecified atom stereocenters. The molecule has 3 N–H and O–H groups in total. The summed E-state index contributed by atoms with van der Waals surface area (Å²) < 4.78 is 5.39. The predicted octanol–water partition coefficient (Wildman–Crippen LogP) is 2.18. The number of rotatable bonds is 6. The molecule has 0 aliphatic carbocycles. The molecule has 27 heavy (non-hydrogen) atoms. The Morgan fingerprint density at radius 1 is 1.11 bits per heavy atom. The molecular weight excluding hydrogens is 350 g/mol. The third kappa shape index (κ3) is 5.67. The Bertz CT molecular complexity index is 875. The second-order valence-corrected chi connectivity index (χ2v) is 5.51. The van der Waals surface area contributed by atoms with Crippen molar-refractivity contribution in [1.82, 2.24) is 5.43 Å². The van der Waals surface area contributed by atoms with Crippen LogP contribution in [0.3, 0.4) is 0 Å². The quantitative estimate of drug-likeness (QED) is 0.410. The fourth-order valence-electron chi connectivity index (χ4n) is 2.11. The van der Waals surface area contributed by atoms with Crippen LogP contribution in [0.4, 0.5) is 5.69 Å². The fraction of sp³-hybridized carbons (Fsp3) is 0.158. The van der Waals surface area contributed by atoms with Crippen LogP contribution in [-0.4, -0.2) is 35.7 Å². The van der Waals surface area contributed by atoms with E-state index in [0.29, 0.717) is 23.6 Å². The third-order valence-corrected chi connectivity index (χ3v) is 3.44. The number of nitrogens with one attached hydrogen (secondary N) is 2. The number of amides is 2. The van der Waals surface area contributed by atoms with Crippen molar-refractivity contribution >= 4 is 29.7 Å². The average molecular weight is 369 g/mol. The Balaban J connectivity index is 2.03. The first-order chi connectivity index (χ1) is 12.9. The molecule has 0 fully saturated rings. The number of hydrogen-bond donors (Lipinski definition) is 3. The number of hydrogen-bond acceptors (Lipinski definition) is 5. The highest BCUT2D eigenvalue weighted by atomic mass is 16.5. The maximum Gasteiger partial charge on any atom is 0.335 e. The number of anilines is 1. The van der Waals surface area contributed by atoms with E-state index >= 15 is 0 Å². The standard InChI is InChI=1S/C19H19N3O5/c1-3-27-16-9-6-13(19(25)26)10-14(16)11-20-22-18(24)17(23)21-15-7-4-12(2)5-8-15/h4-11H,3H2,1-2H3,(H,21,23)(H,22,24)(H,25,26)/b20-11-. The van der Waals surface area contributed by atoms with E-state index in [1.165, 1.54) is 24.4 Å². The number of carboxylic acid groups (broad SMARTS) is 1. The number of carbonyl (C=O) groups excluding carboxylic acids is 2. The van der Waals surface area contributed by atoms with Crippen molar-refractivity contribution in [3.63, 3.8) is 0 Å². The number of hydrazone groups is 1. The Morgan fingerprint density at radius 3 is 2.44 bits per heavy atom. The lowest BCUT2D eigenvalue weighted by Gasteiger charge is -2.08. The lowest BCUT2D eigenvalue weighted by Crippen LogP contribution is -2.32. The molecule has 2 aromatic carbocycles. The van der Waals surface area contributed by atoms with Gasteiger partial charge in [-0.2, -0.15) is 5.10 Å². The van der Waals surface area contributed by atoms with Gasteiger partial charge < -0.3 is 15.2 Å². The van der Waals surface area contributed by atoms with Gasteiger partial charge in [-0.15, -0.1) is 0 Å². The SMILES string of the molecule is CCOc1ccc(C(=O)O)cc1/C=N\NC(=O)C(=O)Nc1ccc(C)cc1. The highest BCUT2D eigenvalue weighted by molar-refractivity contribution is 6.39. The Hall–Kier alpha value is -3.68. The molecule has 8 nitrogen and oxygen atoms in total. The van der Waals surface area contributed by atoms with E-state index in [1.807, 2.05) is 6.92 Å². The molecule has 8 heteroatoms. The van der Waals surface area contributed by atoms with Crippen LogP contribution >= 0.6 is 0 Å². The van der Waals surface area contributed by atoms with E-state index in [0.717, 1.165) is 5.56 Å². The normalized spacial score (nSPS) is 10.4. The van der Waals surface area contributed by atoms with Gasteiger partial charge in [0, 0.05) is 11.3 Å². The number of benzene rings is 2. The molecule has 0 radical (unpaired) electrons. The van der Waals surface area contributed by atoms with Gasteiger partial charge in [0.25, 0.3) is 0 Å². The van der Waals surface area contributed by atoms with Gasteiger partial charge in [-0.05, 0) is 44.2 Å². The highest BCUT2D eigenvalue weighted by Crippen LogP contribution is 2.18. The molecule has 0 aliphatic rings. The average Bonchev–Trinajstić information content (AvgIpc) is 2.64. The zero-order valence-electron chi connectivity index (χ0n) is 14.9. The van der Waals surface area contributed by atoms with Crippen LogP contribution in [0, 0.1) is 6.92 Å². The van der Waals surface area contributed by atoms with Crippen LogP contribution in [0.1, 0.15) is 28.4 Å². The molecular formula is C19H19N3O5. The number of carbonyl (C=O) groups is 3. The zero-order chi connectivity index (χ0) is 19.8. The van der Waals surface area contributed by atoms with Crippen LogP contribution in [0.25, 0.3) is 0 Å². The zero-order valence-corrected chi connectivity index (χ0v) is 14.9. The molecule has 0 saturated carbocycles. The maximum absolute atomic E-state index is 11.9. The number of carboxylic acids is 1. The minimum Gasteiger partial charge on any atom is -0.493 e. The molecule has 140 valence electrons. The van der Waals surface area contributed by atoms with Crippen LogP contribution in [0.5, 0.6) is 5.75 Å². The lowest BCUT2D eigenvalue weighted by atomic mass is 10.1. The van der Waals surface area contributed by atoms with Crippen molar-refractivity contribution in [2.24, 2.45) is 5.10 Å². The first-order valence-corrected chi connectivity index (χ1v) is 8.12. The number of aromatic carboxylic acids is 1. The second kappa shape index (κ2) is 9.14. The minimum absolute atomic E-state index is 0.0448. The van der Waals surface area contributed by atoms with Crippen molar-refractivity contribution < 1.29 is 24.2 Å². The van der Waals surface area contributed by atoms with E-state index in [1.54, 1.807) is 31.2 Å². The minimum atomic E-state index is -1.10. The summed E-state index contributed by atoms with van der Waals surface area (Å²) in [6.45, 7) is 4.06. The lowest BCUT2D eigenvalue weighted by molar-refractivity contribution is -0.136. The Labute approximate surface area is 155 Å². The van der Waals surface area contributed by atoms with Gasteiger partial charge in [-0.3, -0.25) is 9.59 Å². The van der Waals surface area contributed by atoms with E-state index in [-0.39, 0.29) is 5.56 Å². The van der Waals surface area contributed by atoms with Crippen LogP contribution < -0.4 is 15.5 Å². The van der Waals surface area contributed by atoms with Gasteiger partial charge in [-0.1, -0.05) is 17.7 Å². The summed E-state index contributed by atoms with van der Waals surface area (Å²) in [5, 5.41) is 15.2. The fourth-order valence-corrected chi connectivity index (χ4v) is 2.11. The van der Waals surface area contributed by atoms with Gasteiger partial charge in [0.15, 0.2) is 0 Å². The molecule has 0 aromatic heterocycles. The van der Waals surface area contributed by atoms with Crippen molar-refractivity contribution in [1.29, 1.82) is 0 Å². The topological polar surface area (TPSA) is 117 Å². The summed E-state index contributed by atoms with van der Waals surface area (Å²) in [6.07, 6.45) is 1.22. The molecule has 0 spiro atoms. The summed E-state index contributed by atoms with van der Waals surface area (Å²) in [5.74, 6) is -2.53. The third-order valence-electron chi connectivity index (χ3n) is 3.44. The molecule has 2 amide bonds. The van der Waals surface area contributed by atoms with Gasteiger partial charge in [0.05, 0.1) is 18.4 Å². The first kappa shape index (κ1) is 19.6. The largest absolute Gasteiger partial charge is 0.493 e. The van der Waals surface area contributed by atoms with E-state index in [9.17, 15) is 14.4 Å². The summed E-state index contributed by atoms with van der Waals surface area (Å²) in [6, 6.07) is 11.2. The first-order valence-electron chi connectivity index (χ1n) is 8.12. The number of aryl methyl sites for hydroxylation is 1. The van der Waals surface area contributed by atoms with Crippen molar-refractivity contribution in [3.8, 4) is 5.75 Å². The molecule has 0 bridgehead atoms. The second-order valence-electron chi connectivity index (χ2n) is 5.51. The molecule has 0 heterocycles. The van der Waals surface area contributed by atoms with Gasteiger partial charge in [-0.25, -0.2) is 10.2 Å². The molecule has 0 saturated heterocycles. The summed E-state index contributed by atoms with van der Waals surface area (Å²) >= 11 is 0. The van der Waals surface area contributed by atoms with E-state index < -0.39 is 17.8 Å². The molecule has 0 aliphatic heterocycles. The number of ether oxygens (including phenoxy) is 1. The van der Waals surface area contributed by atoms with Gasteiger partial charge >= 0.3 is 17.8 Å². The Morgan fingerprint density at radius 2 is 1.81 bits per heavy atom. The van der Waals surface area contributed by atoms with Crippen LogP contribution in [0.2, 0.25) is 0 Å². The van der Waals surface area contributed by atoms with Crippen LogP contribution in [-0.2, 0) is 9.59 Å². The highest BCUT2D eigenvalue weighted by Gasteiger charge is 2.13. The molecule has 2 aromatic rings. The van der Waals surface area contributed by atoms with Gasteiger partial charge in [0.2, 0.25) is 0 Å². The number of nitrogens with zero attached hydrogens (tertiary/aromatic N) is 1. The summed E-state index contributed by atoms with van der Waals surface area (Å²) in [5.41, 5.74) is 4.01. The maximum atomic E-state index is 11.9. The van der Waals surface area contributed by atoms with E-state index in [2.05, 4.69) is 15.8 Å².